The summed E-state index contributed by atoms with van der Waals surface area (Å²) in [5.41, 5.74) is 11.9. The molecule has 7 heteroatoms. The number of ether oxygens (including phenoxy) is 3. The number of fused-ring (bicyclic) bond motifs is 1. The van der Waals surface area contributed by atoms with Crippen LogP contribution >= 0.6 is 0 Å². The van der Waals surface area contributed by atoms with E-state index in [1.165, 1.54) is 0 Å². The minimum atomic E-state index is -0.799. The maximum absolute atomic E-state index is 10.4. The first-order chi connectivity index (χ1) is 8.66. The molecule has 0 aromatic heterocycles. The Morgan fingerprint density at radius 2 is 2.00 bits per heavy atom. The van der Waals surface area contributed by atoms with E-state index in [0.29, 0.717) is 42.6 Å². The van der Waals surface area contributed by atoms with Gasteiger partial charge in [0.2, 0.25) is 0 Å². The summed E-state index contributed by atoms with van der Waals surface area (Å²) in [6, 6.07) is 3.46. The van der Waals surface area contributed by atoms with Gasteiger partial charge in [-0.25, -0.2) is 4.79 Å². The van der Waals surface area contributed by atoms with Gasteiger partial charge in [-0.15, -0.1) is 0 Å². The van der Waals surface area contributed by atoms with Gasteiger partial charge >= 0.3 is 6.09 Å². The van der Waals surface area contributed by atoms with Crippen molar-refractivity contribution in [3.8, 4) is 11.5 Å². The van der Waals surface area contributed by atoms with Gasteiger partial charge in [-0.05, 0) is 0 Å². The van der Waals surface area contributed by atoms with Crippen LogP contribution in [0.1, 0.15) is 0 Å². The van der Waals surface area contributed by atoms with Crippen molar-refractivity contribution in [3.63, 3.8) is 0 Å². The van der Waals surface area contributed by atoms with E-state index in [1.54, 1.807) is 12.1 Å². The molecular weight excluding hydrogens is 238 g/mol. The third kappa shape index (κ3) is 2.88. The van der Waals surface area contributed by atoms with Crippen molar-refractivity contribution in [2.45, 2.75) is 0 Å². The maximum atomic E-state index is 10.4. The number of nitrogen functional groups attached to an aromatic ring is 1. The molecule has 2 rings (SSSR count). The van der Waals surface area contributed by atoms with Crippen LogP contribution < -0.4 is 26.3 Å². The zero-order valence-electron chi connectivity index (χ0n) is 9.77. The fourth-order valence-electron chi connectivity index (χ4n) is 1.59. The second-order valence-corrected chi connectivity index (χ2v) is 3.68. The number of anilines is 2. The molecule has 0 unspecified atom stereocenters. The number of carbonyl (C=O) groups is 1. The van der Waals surface area contributed by atoms with Crippen LogP contribution in [0.4, 0.5) is 16.2 Å². The van der Waals surface area contributed by atoms with Crippen molar-refractivity contribution in [2.75, 3.05) is 37.4 Å². The Morgan fingerprint density at radius 1 is 1.33 bits per heavy atom. The number of benzene rings is 1. The van der Waals surface area contributed by atoms with Crippen molar-refractivity contribution < 1.29 is 19.0 Å². The van der Waals surface area contributed by atoms with E-state index in [4.69, 9.17) is 20.9 Å². The Morgan fingerprint density at radius 3 is 2.67 bits per heavy atom. The van der Waals surface area contributed by atoms with Gasteiger partial charge in [0.1, 0.15) is 19.8 Å². The molecule has 1 aromatic carbocycles. The van der Waals surface area contributed by atoms with E-state index in [2.05, 4.69) is 10.1 Å². The smallest absolute Gasteiger partial charge is 0.404 e. The number of primary amides is 1. The zero-order chi connectivity index (χ0) is 13.0. The van der Waals surface area contributed by atoms with Gasteiger partial charge in [-0.1, -0.05) is 0 Å². The lowest BCUT2D eigenvalue weighted by Gasteiger charge is -2.20. The summed E-state index contributed by atoms with van der Waals surface area (Å²) in [6.45, 7) is 1.61. The van der Waals surface area contributed by atoms with Crippen LogP contribution in [0.5, 0.6) is 11.5 Å². The van der Waals surface area contributed by atoms with Crippen LogP contribution in [0.3, 0.4) is 0 Å². The van der Waals surface area contributed by atoms with Gasteiger partial charge in [0.25, 0.3) is 0 Å². The molecule has 0 bridgehead atoms. The standard InChI is InChI=1S/C11H15N3O4/c12-7-5-9-10(17-4-3-16-9)6-8(7)14-1-2-18-11(13)15/h5-6,14H,1-4,12H2,(H2,13,15). The monoisotopic (exact) mass is 253 g/mol. The molecule has 0 saturated heterocycles. The van der Waals surface area contributed by atoms with Gasteiger partial charge in [0.05, 0.1) is 11.4 Å². The molecule has 7 nitrogen and oxygen atoms in total. The number of carbonyl (C=O) groups excluding carboxylic acids is 1. The lowest BCUT2D eigenvalue weighted by atomic mass is 10.2. The molecule has 0 aliphatic carbocycles. The minimum Gasteiger partial charge on any atom is -0.486 e. The molecule has 0 fully saturated rings. The summed E-state index contributed by atoms with van der Waals surface area (Å²) in [6.07, 6.45) is -0.799. The molecule has 0 atom stereocenters. The molecule has 0 radical (unpaired) electrons. The molecule has 1 aliphatic rings. The highest BCUT2D eigenvalue weighted by atomic mass is 16.6. The number of hydrogen-bond acceptors (Lipinski definition) is 6. The summed E-state index contributed by atoms with van der Waals surface area (Å²) in [5, 5.41) is 3.03. The van der Waals surface area contributed by atoms with E-state index in [1.807, 2.05) is 0 Å². The Labute approximate surface area is 104 Å². The lowest BCUT2D eigenvalue weighted by Crippen LogP contribution is -2.19. The summed E-state index contributed by atoms with van der Waals surface area (Å²) in [4.78, 5) is 10.4. The van der Waals surface area contributed by atoms with Crippen LogP contribution in [0.2, 0.25) is 0 Å². The van der Waals surface area contributed by atoms with Crippen LogP contribution in [-0.2, 0) is 4.74 Å². The first-order valence-electron chi connectivity index (χ1n) is 5.52. The minimum absolute atomic E-state index is 0.170. The number of hydrogen-bond donors (Lipinski definition) is 3. The fourth-order valence-corrected chi connectivity index (χ4v) is 1.59. The Bertz CT molecular complexity index is 450. The Hall–Kier alpha value is -2.31. The quantitative estimate of drug-likeness (QED) is 0.534. The Kier molecular flexibility index (Phi) is 3.61. The van der Waals surface area contributed by atoms with Gasteiger partial charge in [-0.2, -0.15) is 0 Å². The van der Waals surface area contributed by atoms with E-state index < -0.39 is 6.09 Å². The summed E-state index contributed by atoms with van der Waals surface area (Å²) < 4.78 is 15.4. The van der Waals surface area contributed by atoms with Crippen molar-refractivity contribution >= 4 is 17.5 Å². The molecule has 98 valence electrons. The van der Waals surface area contributed by atoms with Gasteiger partial charge in [0.15, 0.2) is 11.5 Å². The third-order valence-corrected chi connectivity index (χ3v) is 2.38. The number of nitrogens with one attached hydrogen (secondary N) is 1. The zero-order valence-corrected chi connectivity index (χ0v) is 9.77. The normalized spacial score (nSPS) is 12.9. The summed E-state index contributed by atoms with van der Waals surface area (Å²) >= 11 is 0. The average molecular weight is 253 g/mol. The maximum Gasteiger partial charge on any atom is 0.404 e. The van der Waals surface area contributed by atoms with Crippen LogP contribution in [0, 0.1) is 0 Å². The predicted molar refractivity (Wildman–Crippen MR) is 65.9 cm³/mol. The topological polar surface area (TPSA) is 109 Å². The van der Waals surface area contributed by atoms with Crippen molar-refractivity contribution in [1.82, 2.24) is 0 Å². The average Bonchev–Trinajstić information content (AvgIpc) is 2.34. The highest BCUT2D eigenvalue weighted by Gasteiger charge is 2.14. The van der Waals surface area contributed by atoms with E-state index in [-0.39, 0.29) is 6.61 Å². The summed E-state index contributed by atoms with van der Waals surface area (Å²) in [5.74, 6) is 1.28. The largest absolute Gasteiger partial charge is 0.486 e. The van der Waals surface area contributed by atoms with E-state index in [9.17, 15) is 4.79 Å². The molecule has 5 N–H and O–H groups in total. The molecule has 1 amide bonds. The van der Waals surface area contributed by atoms with E-state index in [0.717, 1.165) is 0 Å². The van der Waals surface area contributed by atoms with Crippen LogP contribution in [0.15, 0.2) is 12.1 Å². The highest BCUT2D eigenvalue weighted by Crippen LogP contribution is 2.36. The first-order valence-corrected chi connectivity index (χ1v) is 5.52. The number of rotatable bonds is 4. The lowest BCUT2D eigenvalue weighted by molar-refractivity contribution is 0.161. The first kappa shape index (κ1) is 12.2. The van der Waals surface area contributed by atoms with Crippen LogP contribution in [-0.4, -0.2) is 32.5 Å². The Balaban J connectivity index is 1.97. The predicted octanol–water partition coefficient (Wildman–Crippen LogP) is 0.547. The summed E-state index contributed by atoms with van der Waals surface area (Å²) in [7, 11) is 0. The van der Waals surface area contributed by atoms with Gasteiger partial charge < -0.3 is 31.0 Å². The molecule has 1 aromatic rings. The molecule has 0 spiro atoms. The second kappa shape index (κ2) is 5.35. The van der Waals surface area contributed by atoms with Crippen molar-refractivity contribution in [2.24, 2.45) is 5.73 Å². The number of amides is 1. The third-order valence-electron chi connectivity index (χ3n) is 2.38. The SMILES string of the molecule is NC(=O)OCCNc1cc2c(cc1N)OCCO2. The fraction of sp³-hybridized carbons (Fsp3) is 0.364. The molecule has 1 heterocycles. The number of nitrogens with two attached hydrogens (primary N) is 2. The molecule has 18 heavy (non-hydrogen) atoms. The van der Waals surface area contributed by atoms with Crippen molar-refractivity contribution in [3.05, 3.63) is 12.1 Å². The molecular formula is C11H15N3O4. The highest BCUT2D eigenvalue weighted by molar-refractivity contribution is 5.72. The second-order valence-electron chi connectivity index (χ2n) is 3.68. The van der Waals surface area contributed by atoms with Gasteiger partial charge in [0, 0.05) is 18.7 Å². The van der Waals surface area contributed by atoms with E-state index >= 15 is 0 Å². The van der Waals surface area contributed by atoms with Crippen molar-refractivity contribution in [1.29, 1.82) is 0 Å². The van der Waals surface area contributed by atoms with Gasteiger partial charge in [-0.3, -0.25) is 0 Å². The molecule has 0 saturated carbocycles. The molecule has 1 aliphatic heterocycles. The van der Waals surface area contributed by atoms with Crippen LogP contribution in [0.25, 0.3) is 0 Å².